The van der Waals surface area contributed by atoms with Gasteiger partial charge < -0.3 is 20.4 Å². The minimum atomic E-state index is -0.977. The highest BCUT2D eigenvalue weighted by atomic mass is 16.4. The molecule has 1 aliphatic rings. The Morgan fingerprint density at radius 2 is 0.789 bits per heavy atom. The van der Waals surface area contributed by atoms with Gasteiger partial charge in [-0.05, 0) is 38.5 Å². The van der Waals surface area contributed by atoms with E-state index in [0.717, 1.165) is 0 Å². The summed E-state index contributed by atoms with van der Waals surface area (Å²) in [6, 6.07) is 0. The molecule has 1 saturated heterocycles. The smallest absolute Gasteiger partial charge is 0.317 e. The summed E-state index contributed by atoms with van der Waals surface area (Å²) in [7, 11) is 0. The van der Waals surface area contributed by atoms with Crippen molar-refractivity contribution in [1.82, 2.24) is 19.6 Å². The summed E-state index contributed by atoms with van der Waals surface area (Å²) in [6.45, 7) is 9.67. The van der Waals surface area contributed by atoms with Gasteiger partial charge >= 0.3 is 23.9 Å². The van der Waals surface area contributed by atoms with Gasteiger partial charge in [-0.15, -0.1) is 0 Å². The topological polar surface area (TPSA) is 162 Å². The van der Waals surface area contributed by atoms with Crippen molar-refractivity contribution < 1.29 is 39.6 Å². The molecular formula is C26H48N4O8. The van der Waals surface area contributed by atoms with Gasteiger partial charge in [-0.1, -0.05) is 27.7 Å². The van der Waals surface area contributed by atoms with Crippen molar-refractivity contribution in [3.05, 3.63) is 0 Å². The van der Waals surface area contributed by atoms with Crippen molar-refractivity contribution in [2.24, 2.45) is 0 Å². The van der Waals surface area contributed by atoms with E-state index in [-0.39, 0.29) is 26.2 Å². The summed E-state index contributed by atoms with van der Waals surface area (Å²) < 4.78 is 0. The molecule has 0 spiro atoms. The van der Waals surface area contributed by atoms with E-state index in [1.54, 1.807) is 9.80 Å². The molecule has 1 fully saturated rings. The average Bonchev–Trinajstić information content (AvgIpc) is 2.83. The first kappa shape index (κ1) is 33.7. The normalized spacial score (nSPS) is 20.9. The Labute approximate surface area is 226 Å². The lowest BCUT2D eigenvalue weighted by Gasteiger charge is -2.60. The number of aliphatic carboxylic acids is 4. The molecule has 0 radical (unpaired) electrons. The quantitative estimate of drug-likeness (QED) is 0.280. The first-order chi connectivity index (χ1) is 17.9. The van der Waals surface area contributed by atoms with E-state index < -0.39 is 35.0 Å². The molecule has 1 heterocycles. The lowest BCUT2D eigenvalue weighted by atomic mass is 9.66. The second-order valence-corrected chi connectivity index (χ2v) is 10.2. The Morgan fingerprint density at radius 3 is 1.03 bits per heavy atom. The fourth-order valence-electron chi connectivity index (χ4n) is 6.69. The Bertz CT molecular complexity index is 721. The third-order valence-corrected chi connectivity index (χ3v) is 8.32. The van der Waals surface area contributed by atoms with E-state index >= 15 is 0 Å². The third-order valence-electron chi connectivity index (χ3n) is 8.32. The standard InChI is InChI=1S/C26H48N4O8/c1-5-25(6-2)26(7-3,8-4)30(20-24(37)38)14-10-12-28(18-22(33)34)16-15-27(17-21(31)32)11-9-13-29(25)19-23(35)36/h5-20H2,1-4H3,(H,31,32)(H,33,34)(H,35,36)(H,37,38). The van der Waals surface area contributed by atoms with E-state index in [1.165, 1.54) is 0 Å². The summed E-state index contributed by atoms with van der Waals surface area (Å²) in [5.41, 5.74) is -1.29. The molecule has 220 valence electrons. The number of rotatable bonds is 12. The largest absolute Gasteiger partial charge is 0.480 e. The van der Waals surface area contributed by atoms with Gasteiger partial charge in [-0.2, -0.15) is 0 Å². The van der Waals surface area contributed by atoms with Crippen LogP contribution in [0.15, 0.2) is 0 Å². The van der Waals surface area contributed by atoms with Gasteiger partial charge in [0.05, 0.1) is 26.2 Å². The fourth-order valence-corrected chi connectivity index (χ4v) is 6.69. The number of hydrogen-bond acceptors (Lipinski definition) is 8. The van der Waals surface area contributed by atoms with Crippen LogP contribution < -0.4 is 0 Å². The van der Waals surface area contributed by atoms with Gasteiger partial charge in [0.15, 0.2) is 0 Å². The van der Waals surface area contributed by atoms with Gasteiger partial charge in [0.1, 0.15) is 0 Å². The first-order valence-electron chi connectivity index (χ1n) is 13.7. The molecule has 1 rings (SSSR count). The molecule has 12 nitrogen and oxygen atoms in total. The monoisotopic (exact) mass is 544 g/mol. The predicted octanol–water partition coefficient (Wildman–Crippen LogP) is 1.44. The predicted molar refractivity (Wildman–Crippen MR) is 142 cm³/mol. The van der Waals surface area contributed by atoms with Crippen LogP contribution in [0.1, 0.15) is 66.2 Å². The molecule has 0 aromatic heterocycles. The molecule has 1 aliphatic heterocycles. The number of nitrogens with zero attached hydrogens (tertiary/aromatic N) is 4. The molecule has 0 aliphatic carbocycles. The molecular weight excluding hydrogens is 496 g/mol. The fraction of sp³-hybridized carbons (Fsp3) is 0.846. The maximum absolute atomic E-state index is 12.1. The summed E-state index contributed by atoms with van der Waals surface area (Å²) in [4.78, 5) is 54.6. The second-order valence-electron chi connectivity index (χ2n) is 10.2. The zero-order valence-electron chi connectivity index (χ0n) is 23.5. The molecule has 0 aromatic rings. The summed E-state index contributed by atoms with van der Waals surface area (Å²) >= 11 is 0. The van der Waals surface area contributed by atoms with Crippen molar-refractivity contribution >= 4 is 23.9 Å². The van der Waals surface area contributed by atoms with Crippen molar-refractivity contribution in [2.75, 3.05) is 65.4 Å². The zero-order chi connectivity index (χ0) is 28.9. The minimum absolute atomic E-state index is 0.188. The maximum atomic E-state index is 12.1. The maximum Gasteiger partial charge on any atom is 0.317 e. The van der Waals surface area contributed by atoms with Gasteiger partial charge in [-0.25, -0.2) is 0 Å². The van der Waals surface area contributed by atoms with Crippen LogP contribution in [0.25, 0.3) is 0 Å². The van der Waals surface area contributed by atoms with Crippen molar-refractivity contribution in [3.63, 3.8) is 0 Å². The van der Waals surface area contributed by atoms with E-state index in [0.29, 0.717) is 77.8 Å². The highest BCUT2D eigenvalue weighted by molar-refractivity contribution is 5.70. The van der Waals surface area contributed by atoms with Crippen LogP contribution in [0, 0.1) is 0 Å². The van der Waals surface area contributed by atoms with Crippen LogP contribution in [-0.4, -0.2) is 140 Å². The van der Waals surface area contributed by atoms with Gasteiger partial charge in [0, 0.05) is 50.3 Å². The van der Waals surface area contributed by atoms with Crippen LogP contribution in [0.5, 0.6) is 0 Å². The van der Waals surface area contributed by atoms with Crippen molar-refractivity contribution in [1.29, 1.82) is 0 Å². The van der Waals surface area contributed by atoms with E-state index in [2.05, 4.69) is 0 Å². The highest BCUT2D eigenvalue weighted by Crippen LogP contribution is 2.44. The number of carboxylic acid groups (broad SMARTS) is 4. The molecule has 0 unspecified atom stereocenters. The van der Waals surface area contributed by atoms with Crippen LogP contribution in [0.2, 0.25) is 0 Å². The molecule has 0 bridgehead atoms. The van der Waals surface area contributed by atoms with E-state index in [4.69, 9.17) is 0 Å². The zero-order valence-corrected chi connectivity index (χ0v) is 23.5. The number of hydrogen-bond donors (Lipinski definition) is 4. The molecule has 0 atom stereocenters. The van der Waals surface area contributed by atoms with Crippen LogP contribution in [0.3, 0.4) is 0 Å². The molecule has 12 heteroatoms. The van der Waals surface area contributed by atoms with Crippen molar-refractivity contribution in [2.45, 2.75) is 77.3 Å². The number of carboxylic acids is 4. The Kier molecular flexibility index (Phi) is 14.2. The Morgan fingerprint density at radius 1 is 0.500 bits per heavy atom. The minimum Gasteiger partial charge on any atom is -0.480 e. The molecule has 38 heavy (non-hydrogen) atoms. The first-order valence-corrected chi connectivity index (χ1v) is 13.7. The number of carbonyl (C=O) groups is 4. The average molecular weight is 545 g/mol. The Hall–Kier alpha value is -2.28. The van der Waals surface area contributed by atoms with Gasteiger partial charge in [-0.3, -0.25) is 38.8 Å². The summed E-state index contributed by atoms with van der Waals surface area (Å²) in [5.74, 6) is -3.88. The van der Waals surface area contributed by atoms with E-state index in [9.17, 15) is 39.6 Å². The third kappa shape index (κ3) is 8.89. The highest BCUT2D eigenvalue weighted by Gasteiger charge is 2.54. The lowest BCUT2D eigenvalue weighted by molar-refractivity contribution is -0.152. The molecule has 0 amide bonds. The lowest BCUT2D eigenvalue weighted by Crippen LogP contribution is -2.71. The second kappa shape index (κ2) is 16.0. The van der Waals surface area contributed by atoms with Crippen molar-refractivity contribution in [3.8, 4) is 0 Å². The van der Waals surface area contributed by atoms with Crippen LogP contribution in [0.4, 0.5) is 0 Å². The summed E-state index contributed by atoms with van der Waals surface area (Å²) in [6.07, 6.45) is 3.47. The molecule has 0 aromatic carbocycles. The van der Waals surface area contributed by atoms with E-state index in [1.807, 2.05) is 37.5 Å². The van der Waals surface area contributed by atoms with Gasteiger partial charge in [0.2, 0.25) is 0 Å². The SMILES string of the molecule is CCC1(CC)N(CC(=O)O)CCCN(CC(=O)O)CCN(CC(=O)O)CCCN(CC(=O)O)C1(CC)CC. The molecule has 0 saturated carbocycles. The summed E-state index contributed by atoms with van der Waals surface area (Å²) in [5, 5.41) is 38.6. The van der Waals surface area contributed by atoms with Crippen LogP contribution in [-0.2, 0) is 19.2 Å². The molecule has 4 N–H and O–H groups in total. The Balaban J connectivity index is 3.65. The van der Waals surface area contributed by atoms with Gasteiger partial charge in [0.25, 0.3) is 0 Å². The van der Waals surface area contributed by atoms with Crippen LogP contribution >= 0.6 is 0 Å².